The van der Waals surface area contributed by atoms with E-state index in [1.54, 1.807) is 30.3 Å². The number of furan rings is 1. The Morgan fingerprint density at radius 3 is 2.50 bits per heavy atom. The minimum absolute atomic E-state index is 0.0338. The van der Waals surface area contributed by atoms with E-state index in [9.17, 15) is 14.7 Å². The maximum atomic E-state index is 13.8. The smallest absolute Gasteiger partial charge is 0.290 e. The molecule has 2 heterocycles. The molecule has 0 bridgehead atoms. The summed E-state index contributed by atoms with van der Waals surface area (Å²) in [5.74, 6) is -0.786. The number of rotatable bonds is 11. The summed E-state index contributed by atoms with van der Waals surface area (Å²) in [4.78, 5) is 30.9. The molecule has 1 aliphatic rings. The van der Waals surface area contributed by atoms with Gasteiger partial charge in [0.2, 0.25) is 5.78 Å². The maximum Gasteiger partial charge on any atom is 0.290 e. The quantitative estimate of drug-likeness (QED) is 0.386. The highest BCUT2D eigenvalue weighted by molar-refractivity contribution is 6.16. The first-order valence-corrected chi connectivity index (χ1v) is 12.2. The lowest BCUT2D eigenvalue weighted by atomic mass is 9.94. The lowest BCUT2D eigenvalue weighted by Crippen LogP contribution is -2.34. The van der Waals surface area contributed by atoms with Crippen LogP contribution in [0.3, 0.4) is 0 Å². The van der Waals surface area contributed by atoms with Gasteiger partial charge in [-0.1, -0.05) is 44.2 Å². The third-order valence-electron chi connectivity index (χ3n) is 6.69. The average molecular weight is 493 g/mol. The summed E-state index contributed by atoms with van der Waals surface area (Å²) in [7, 11) is 3.03. The average Bonchev–Trinajstić information content (AvgIpc) is 3.45. The summed E-state index contributed by atoms with van der Waals surface area (Å²) in [6.45, 7) is 7.11. The molecule has 2 aromatic carbocycles. The van der Waals surface area contributed by atoms with Crippen molar-refractivity contribution in [3.8, 4) is 11.5 Å². The molecule has 0 spiro atoms. The zero-order valence-electron chi connectivity index (χ0n) is 21.1. The van der Waals surface area contributed by atoms with Crippen molar-refractivity contribution < 1.29 is 28.6 Å². The van der Waals surface area contributed by atoms with Crippen molar-refractivity contribution in [3.05, 3.63) is 71.2 Å². The molecule has 36 heavy (non-hydrogen) atoms. The number of ether oxygens (including phenoxy) is 2. The number of para-hydroxylation sites is 2. The predicted octanol–water partition coefficient (Wildman–Crippen LogP) is 4.76. The van der Waals surface area contributed by atoms with E-state index >= 15 is 0 Å². The Labute approximate surface area is 210 Å². The second-order valence-corrected chi connectivity index (χ2v) is 8.60. The van der Waals surface area contributed by atoms with E-state index in [2.05, 4.69) is 18.7 Å². The van der Waals surface area contributed by atoms with E-state index in [-0.39, 0.29) is 11.3 Å². The highest BCUT2D eigenvalue weighted by Crippen LogP contribution is 2.45. The Balaban J connectivity index is 1.78. The van der Waals surface area contributed by atoms with Gasteiger partial charge in [0, 0.05) is 17.5 Å². The normalized spacial score (nSPS) is 15.9. The highest BCUT2D eigenvalue weighted by Gasteiger charge is 2.45. The Hall–Kier alpha value is -3.78. The lowest BCUT2D eigenvalue weighted by Gasteiger charge is -2.29. The molecule has 1 aliphatic heterocycles. The molecule has 1 aromatic heterocycles. The number of nitrogens with zero attached hydrogens (tertiary/aromatic N) is 2. The Morgan fingerprint density at radius 1 is 1.08 bits per heavy atom. The first kappa shape index (κ1) is 25.3. The fraction of sp³-hybridized carbons (Fsp3) is 0.357. The molecule has 8 nitrogen and oxygen atoms in total. The van der Waals surface area contributed by atoms with Gasteiger partial charge in [0.15, 0.2) is 23.0 Å². The van der Waals surface area contributed by atoms with Crippen molar-refractivity contribution in [1.29, 1.82) is 0 Å². The summed E-state index contributed by atoms with van der Waals surface area (Å²) < 4.78 is 16.9. The number of benzene rings is 2. The van der Waals surface area contributed by atoms with Gasteiger partial charge in [0.25, 0.3) is 5.91 Å². The number of methoxy groups -OCH3 is 2. The van der Waals surface area contributed by atoms with Gasteiger partial charge in [-0.3, -0.25) is 9.59 Å². The van der Waals surface area contributed by atoms with Crippen LogP contribution in [-0.2, 0) is 4.79 Å². The van der Waals surface area contributed by atoms with Crippen LogP contribution in [0.15, 0.2) is 64.3 Å². The van der Waals surface area contributed by atoms with Crippen molar-refractivity contribution in [2.75, 3.05) is 40.4 Å². The van der Waals surface area contributed by atoms with E-state index in [4.69, 9.17) is 13.9 Å². The molecule has 0 unspecified atom stereocenters. The molecule has 1 amide bonds. The summed E-state index contributed by atoms with van der Waals surface area (Å²) >= 11 is 0. The van der Waals surface area contributed by atoms with Crippen LogP contribution in [0.2, 0.25) is 0 Å². The zero-order chi connectivity index (χ0) is 25.8. The van der Waals surface area contributed by atoms with Gasteiger partial charge in [-0.05, 0) is 44.3 Å². The van der Waals surface area contributed by atoms with Crippen LogP contribution in [-0.4, -0.2) is 67.0 Å². The molecule has 190 valence electrons. The van der Waals surface area contributed by atoms with E-state index < -0.39 is 23.5 Å². The van der Waals surface area contributed by atoms with Gasteiger partial charge in [-0.2, -0.15) is 0 Å². The molecule has 1 N–H and O–H groups in total. The van der Waals surface area contributed by atoms with Gasteiger partial charge < -0.3 is 28.8 Å². The summed E-state index contributed by atoms with van der Waals surface area (Å²) in [5.41, 5.74) is 1.07. The molecule has 1 atom stereocenters. The summed E-state index contributed by atoms with van der Waals surface area (Å²) in [6, 6.07) is 13.3. The fourth-order valence-electron chi connectivity index (χ4n) is 4.80. The molecule has 0 fully saturated rings. The van der Waals surface area contributed by atoms with Crippen LogP contribution in [0.25, 0.3) is 11.0 Å². The second kappa shape index (κ2) is 10.9. The number of carbonyl (C=O) groups excluding carboxylic acids is 2. The summed E-state index contributed by atoms with van der Waals surface area (Å²) in [5, 5.41) is 11.8. The largest absolute Gasteiger partial charge is 0.503 e. The van der Waals surface area contributed by atoms with Crippen molar-refractivity contribution in [1.82, 2.24) is 9.80 Å². The molecule has 0 saturated carbocycles. The number of ketones is 1. The molecule has 0 aliphatic carbocycles. The Morgan fingerprint density at radius 2 is 1.83 bits per heavy atom. The van der Waals surface area contributed by atoms with Crippen molar-refractivity contribution in [2.24, 2.45) is 0 Å². The standard InChI is InChI=1S/C28H32N2O6/c1-5-29(6-2)15-10-16-30-24(19-12-9-14-21(34-3)27(19)35-4)23(26(32)28(30)33)25(31)22-17-18-11-7-8-13-20(18)36-22/h7-9,11-14,17,24,32H,5-6,10,15-16H2,1-4H3/t24-/m1/s1. The van der Waals surface area contributed by atoms with Crippen LogP contribution >= 0.6 is 0 Å². The zero-order valence-corrected chi connectivity index (χ0v) is 21.1. The molecular weight excluding hydrogens is 460 g/mol. The van der Waals surface area contributed by atoms with E-state index in [1.165, 1.54) is 19.1 Å². The van der Waals surface area contributed by atoms with Crippen molar-refractivity contribution in [3.63, 3.8) is 0 Å². The third-order valence-corrected chi connectivity index (χ3v) is 6.69. The molecular formula is C28H32N2O6. The number of carbonyl (C=O) groups is 2. The van der Waals surface area contributed by atoms with Crippen LogP contribution in [0.4, 0.5) is 0 Å². The van der Waals surface area contributed by atoms with Crippen molar-refractivity contribution >= 4 is 22.7 Å². The highest BCUT2D eigenvalue weighted by atomic mass is 16.5. The van der Waals surface area contributed by atoms with E-state index in [0.717, 1.165) is 25.0 Å². The number of fused-ring (bicyclic) bond motifs is 1. The van der Waals surface area contributed by atoms with Gasteiger partial charge in [0.05, 0.1) is 25.8 Å². The second-order valence-electron chi connectivity index (χ2n) is 8.60. The molecule has 4 rings (SSSR count). The minimum atomic E-state index is -0.861. The Bertz CT molecular complexity index is 1260. The summed E-state index contributed by atoms with van der Waals surface area (Å²) in [6.07, 6.45) is 0.676. The SMILES string of the molecule is CCN(CC)CCCN1C(=O)C(O)=C(C(=O)c2cc3ccccc3o2)[C@H]1c1cccc(OC)c1OC. The monoisotopic (exact) mass is 492 g/mol. The molecule has 3 aromatic rings. The number of aliphatic hydroxyl groups excluding tert-OH is 1. The van der Waals surface area contributed by atoms with Crippen LogP contribution < -0.4 is 9.47 Å². The minimum Gasteiger partial charge on any atom is -0.503 e. The Kier molecular flexibility index (Phi) is 7.64. The first-order valence-electron chi connectivity index (χ1n) is 12.2. The number of aliphatic hydroxyl groups is 1. The van der Waals surface area contributed by atoms with Crippen LogP contribution in [0.1, 0.15) is 42.4 Å². The fourth-order valence-corrected chi connectivity index (χ4v) is 4.80. The number of hydrogen-bond donors (Lipinski definition) is 1. The molecule has 8 heteroatoms. The molecule has 0 saturated heterocycles. The molecule has 0 radical (unpaired) electrons. The topological polar surface area (TPSA) is 92.5 Å². The predicted molar refractivity (Wildman–Crippen MR) is 137 cm³/mol. The van der Waals surface area contributed by atoms with Gasteiger partial charge in [-0.25, -0.2) is 0 Å². The van der Waals surface area contributed by atoms with Gasteiger partial charge >= 0.3 is 0 Å². The maximum absolute atomic E-state index is 13.8. The van der Waals surface area contributed by atoms with E-state index in [1.807, 2.05) is 18.2 Å². The first-order chi connectivity index (χ1) is 17.4. The number of amides is 1. The van der Waals surface area contributed by atoms with Crippen LogP contribution in [0.5, 0.6) is 11.5 Å². The van der Waals surface area contributed by atoms with Crippen molar-refractivity contribution in [2.45, 2.75) is 26.3 Å². The van der Waals surface area contributed by atoms with E-state index in [0.29, 0.717) is 35.6 Å². The lowest BCUT2D eigenvalue weighted by molar-refractivity contribution is -0.129. The number of hydrogen-bond acceptors (Lipinski definition) is 7. The third kappa shape index (κ3) is 4.56. The number of Topliss-reactive ketones (excluding diaryl/α,β-unsaturated/α-hetero) is 1. The van der Waals surface area contributed by atoms with Gasteiger partial charge in [0.1, 0.15) is 5.58 Å². The van der Waals surface area contributed by atoms with Gasteiger partial charge in [-0.15, -0.1) is 0 Å². The van der Waals surface area contributed by atoms with Crippen LogP contribution in [0, 0.1) is 0 Å².